The zero-order chi connectivity index (χ0) is 13.1. The van der Waals surface area contributed by atoms with Gasteiger partial charge in [-0.15, -0.1) is 0 Å². The summed E-state index contributed by atoms with van der Waals surface area (Å²) in [5, 5.41) is 4.14. The van der Waals surface area contributed by atoms with Gasteiger partial charge in [0.05, 0.1) is 36.6 Å². The molecule has 1 atom stereocenters. The van der Waals surface area contributed by atoms with Gasteiger partial charge in [0.1, 0.15) is 0 Å². The SMILES string of the molecule is Clc1cc(C2CNCCO2)ccc1N1CCOCC1. The molecular weight excluding hydrogens is 264 g/mol. The van der Waals surface area contributed by atoms with Crippen LogP contribution in [0.5, 0.6) is 0 Å². The number of anilines is 1. The minimum Gasteiger partial charge on any atom is -0.378 e. The molecule has 1 N–H and O–H groups in total. The number of hydrogen-bond acceptors (Lipinski definition) is 4. The number of halogens is 1. The van der Waals surface area contributed by atoms with Crippen LogP contribution in [0.25, 0.3) is 0 Å². The normalized spacial score (nSPS) is 24.5. The second-order valence-electron chi connectivity index (χ2n) is 4.87. The Labute approximate surface area is 118 Å². The third-order valence-electron chi connectivity index (χ3n) is 3.62. The lowest BCUT2D eigenvalue weighted by Gasteiger charge is -2.30. The number of ether oxygens (including phenoxy) is 2. The first kappa shape index (κ1) is 13.2. The van der Waals surface area contributed by atoms with Crippen molar-refractivity contribution in [1.29, 1.82) is 0 Å². The second-order valence-corrected chi connectivity index (χ2v) is 5.28. The third kappa shape index (κ3) is 3.03. The van der Waals surface area contributed by atoms with Gasteiger partial charge in [-0.2, -0.15) is 0 Å². The van der Waals surface area contributed by atoms with Crippen LogP contribution in [0.2, 0.25) is 5.02 Å². The molecular formula is C14H19ClN2O2. The number of nitrogens with zero attached hydrogens (tertiary/aromatic N) is 1. The molecule has 2 aliphatic heterocycles. The van der Waals surface area contributed by atoms with E-state index in [9.17, 15) is 0 Å². The molecule has 2 saturated heterocycles. The van der Waals surface area contributed by atoms with Gasteiger partial charge in [-0.25, -0.2) is 0 Å². The van der Waals surface area contributed by atoms with Gasteiger partial charge in [-0.05, 0) is 17.7 Å². The van der Waals surface area contributed by atoms with Crippen LogP contribution in [0.4, 0.5) is 5.69 Å². The van der Waals surface area contributed by atoms with Crippen molar-refractivity contribution in [1.82, 2.24) is 5.32 Å². The lowest BCUT2D eigenvalue weighted by atomic mass is 10.1. The van der Waals surface area contributed by atoms with Crippen LogP contribution in [0, 0.1) is 0 Å². The van der Waals surface area contributed by atoms with E-state index in [1.807, 2.05) is 6.07 Å². The molecule has 104 valence electrons. The van der Waals surface area contributed by atoms with Crippen molar-refractivity contribution in [3.8, 4) is 0 Å². The third-order valence-corrected chi connectivity index (χ3v) is 3.93. The van der Waals surface area contributed by atoms with Gasteiger partial charge in [-0.1, -0.05) is 17.7 Å². The Kier molecular flexibility index (Phi) is 4.23. The fourth-order valence-corrected chi connectivity index (χ4v) is 2.87. The zero-order valence-corrected chi connectivity index (χ0v) is 11.7. The minimum atomic E-state index is 0.116. The van der Waals surface area contributed by atoms with E-state index in [2.05, 4.69) is 22.3 Å². The summed E-state index contributed by atoms with van der Waals surface area (Å²) in [6.45, 7) is 5.89. The Morgan fingerprint density at radius 1 is 1.21 bits per heavy atom. The fourth-order valence-electron chi connectivity index (χ4n) is 2.56. The highest BCUT2D eigenvalue weighted by Crippen LogP contribution is 2.30. The first-order valence-electron chi connectivity index (χ1n) is 6.79. The molecule has 2 fully saturated rings. The molecule has 0 aliphatic carbocycles. The summed E-state index contributed by atoms with van der Waals surface area (Å²) in [6.07, 6.45) is 0.116. The molecule has 0 amide bonds. The summed E-state index contributed by atoms with van der Waals surface area (Å²) < 4.78 is 11.1. The van der Waals surface area contributed by atoms with E-state index in [0.29, 0.717) is 0 Å². The van der Waals surface area contributed by atoms with Crippen molar-refractivity contribution in [2.75, 3.05) is 50.9 Å². The van der Waals surface area contributed by atoms with Gasteiger partial charge in [0.2, 0.25) is 0 Å². The monoisotopic (exact) mass is 282 g/mol. The number of morpholine rings is 2. The van der Waals surface area contributed by atoms with Gasteiger partial charge in [-0.3, -0.25) is 0 Å². The Morgan fingerprint density at radius 3 is 2.74 bits per heavy atom. The molecule has 5 heteroatoms. The van der Waals surface area contributed by atoms with Gasteiger partial charge in [0.15, 0.2) is 0 Å². The maximum absolute atomic E-state index is 6.42. The molecule has 0 bridgehead atoms. The van der Waals surface area contributed by atoms with Gasteiger partial charge >= 0.3 is 0 Å². The van der Waals surface area contributed by atoms with Crippen LogP contribution < -0.4 is 10.2 Å². The highest BCUT2D eigenvalue weighted by atomic mass is 35.5. The summed E-state index contributed by atoms with van der Waals surface area (Å²) in [5.74, 6) is 0. The van der Waals surface area contributed by atoms with Crippen LogP contribution in [0.15, 0.2) is 18.2 Å². The molecule has 0 radical (unpaired) electrons. The highest BCUT2D eigenvalue weighted by Gasteiger charge is 2.19. The van der Waals surface area contributed by atoms with Crippen molar-refractivity contribution in [2.45, 2.75) is 6.10 Å². The summed E-state index contributed by atoms with van der Waals surface area (Å²) in [5.41, 5.74) is 2.24. The summed E-state index contributed by atoms with van der Waals surface area (Å²) in [7, 11) is 0. The lowest BCUT2D eigenvalue weighted by Crippen LogP contribution is -2.36. The van der Waals surface area contributed by atoms with Gasteiger partial charge in [0.25, 0.3) is 0 Å². The van der Waals surface area contributed by atoms with E-state index in [4.69, 9.17) is 21.1 Å². The maximum atomic E-state index is 6.42. The van der Waals surface area contributed by atoms with Crippen molar-refractivity contribution in [3.05, 3.63) is 28.8 Å². The Morgan fingerprint density at radius 2 is 2.05 bits per heavy atom. The molecule has 0 saturated carbocycles. The van der Waals surface area contributed by atoms with E-state index < -0.39 is 0 Å². The quantitative estimate of drug-likeness (QED) is 0.897. The predicted octanol–water partition coefficient (Wildman–Crippen LogP) is 1.84. The number of benzene rings is 1. The molecule has 1 aromatic carbocycles. The average molecular weight is 283 g/mol. The Bertz CT molecular complexity index is 429. The van der Waals surface area contributed by atoms with E-state index >= 15 is 0 Å². The van der Waals surface area contributed by atoms with Crippen LogP contribution in [-0.4, -0.2) is 46.0 Å². The smallest absolute Gasteiger partial charge is 0.0950 e. The topological polar surface area (TPSA) is 33.7 Å². The largest absolute Gasteiger partial charge is 0.378 e. The first-order valence-corrected chi connectivity index (χ1v) is 7.17. The molecule has 1 unspecified atom stereocenters. The number of rotatable bonds is 2. The average Bonchev–Trinajstić information content (AvgIpc) is 2.49. The lowest BCUT2D eigenvalue weighted by molar-refractivity contribution is 0.0277. The summed E-state index contributed by atoms with van der Waals surface area (Å²) >= 11 is 6.42. The van der Waals surface area contributed by atoms with Crippen LogP contribution >= 0.6 is 11.6 Å². The van der Waals surface area contributed by atoms with Crippen molar-refractivity contribution >= 4 is 17.3 Å². The van der Waals surface area contributed by atoms with E-state index in [1.165, 1.54) is 0 Å². The number of hydrogen-bond donors (Lipinski definition) is 1. The second kappa shape index (κ2) is 6.09. The number of nitrogens with one attached hydrogen (secondary N) is 1. The molecule has 3 rings (SSSR count). The molecule has 0 spiro atoms. The van der Waals surface area contributed by atoms with Crippen LogP contribution in [0.3, 0.4) is 0 Å². The maximum Gasteiger partial charge on any atom is 0.0950 e. The molecule has 2 heterocycles. The van der Waals surface area contributed by atoms with E-state index in [1.54, 1.807) is 0 Å². The zero-order valence-electron chi connectivity index (χ0n) is 10.9. The first-order chi connectivity index (χ1) is 9.34. The molecule has 4 nitrogen and oxygen atoms in total. The van der Waals surface area contributed by atoms with Crippen LogP contribution in [0.1, 0.15) is 11.7 Å². The van der Waals surface area contributed by atoms with Crippen molar-refractivity contribution in [2.24, 2.45) is 0 Å². The molecule has 0 aromatic heterocycles. The molecule has 1 aromatic rings. The van der Waals surface area contributed by atoms with E-state index in [0.717, 1.165) is 62.3 Å². The van der Waals surface area contributed by atoms with Gasteiger partial charge in [0, 0.05) is 26.2 Å². The van der Waals surface area contributed by atoms with Gasteiger partial charge < -0.3 is 19.7 Å². The van der Waals surface area contributed by atoms with Crippen molar-refractivity contribution < 1.29 is 9.47 Å². The summed E-state index contributed by atoms with van der Waals surface area (Å²) in [6, 6.07) is 6.25. The fraction of sp³-hybridized carbons (Fsp3) is 0.571. The standard InChI is InChI=1S/C14H19ClN2O2/c15-12-9-11(14-10-16-3-6-19-14)1-2-13(12)17-4-7-18-8-5-17/h1-2,9,14,16H,3-8,10H2. The molecule has 19 heavy (non-hydrogen) atoms. The Hall–Kier alpha value is -0.810. The predicted molar refractivity (Wildman–Crippen MR) is 76.0 cm³/mol. The van der Waals surface area contributed by atoms with Crippen LogP contribution in [-0.2, 0) is 9.47 Å². The van der Waals surface area contributed by atoms with E-state index in [-0.39, 0.29) is 6.10 Å². The van der Waals surface area contributed by atoms with Crippen molar-refractivity contribution in [3.63, 3.8) is 0 Å². The molecule has 2 aliphatic rings. The Balaban J connectivity index is 1.76. The summed E-state index contributed by atoms with van der Waals surface area (Å²) in [4.78, 5) is 2.27. The highest BCUT2D eigenvalue weighted by molar-refractivity contribution is 6.33. The minimum absolute atomic E-state index is 0.116.